The summed E-state index contributed by atoms with van der Waals surface area (Å²) in [4.78, 5) is 12.2. The minimum absolute atomic E-state index is 0.221. The van der Waals surface area contributed by atoms with Crippen molar-refractivity contribution in [3.05, 3.63) is 58.1 Å². The van der Waals surface area contributed by atoms with Gasteiger partial charge in [0.05, 0.1) is 10.6 Å². The molecule has 4 nitrogen and oxygen atoms in total. The largest absolute Gasteiger partial charge is 0.388 e. The zero-order chi connectivity index (χ0) is 15.4. The van der Waals surface area contributed by atoms with E-state index in [1.807, 2.05) is 32.2 Å². The molecule has 2 rings (SSSR count). The number of benzene rings is 2. The van der Waals surface area contributed by atoms with E-state index in [2.05, 4.69) is 10.6 Å². The summed E-state index contributed by atoms with van der Waals surface area (Å²) in [5.41, 5.74) is 3.46. The van der Waals surface area contributed by atoms with Crippen LogP contribution in [0.5, 0.6) is 0 Å². The minimum Gasteiger partial charge on any atom is -0.388 e. The summed E-state index contributed by atoms with van der Waals surface area (Å²) in [6, 6.07) is 12.2. The third-order valence-corrected chi connectivity index (χ3v) is 3.42. The monoisotopic (exact) mass is 299 g/mol. The second-order valence-electron chi connectivity index (χ2n) is 4.54. The van der Waals surface area contributed by atoms with Crippen LogP contribution in [-0.2, 0) is 0 Å². The number of nitrogens with zero attached hydrogens (tertiary/aromatic N) is 1. The van der Waals surface area contributed by atoms with E-state index in [0.29, 0.717) is 21.8 Å². The maximum Gasteiger partial charge on any atom is 0.255 e. The quantitative estimate of drug-likeness (QED) is 0.905. The number of nitriles is 1. The predicted molar refractivity (Wildman–Crippen MR) is 84.8 cm³/mol. The molecular formula is C16H14ClN3O. The first kappa shape index (κ1) is 14.9. The van der Waals surface area contributed by atoms with Gasteiger partial charge in [0.25, 0.3) is 5.91 Å². The molecule has 0 fully saturated rings. The van der Waals surface area contributed by atoms with Crippen molar-refractivity contribution in [3.8, 4) is 6.07 Å². The van der Waals surface area contributed by atoms with Gasteiger partial charge in [-0.05, 0) is 48.9 Å². The fourth-order valence-corrected chi connectivity index (χ4v) is 2.20. The average Bonchev–Trinajstić information content (AvgIpc) is 2.47. The van der Waals surface area contributed by atoms with Crippen molar-refractivity contribution in [1.82, 2.24) is 0 Å². The van der Waals surface area contributed by atoms with Gasteiger partial charge in [-0.25, -0.2) is 0 Å². The van der Waals surface area contributed by atoms with Gasteiger partial charge in [0.1, 0.15) is 6.07 Å². The molecule has 1 amide bonds. The minimum atomic E-state index is -0.221. The second-order valence-corrected chi connectivity index (χ2v) is 4.95. The normalized spacial score (nSPS) is 9.81. The van der Waals surface area contributed by atoms with Crippen molar-refractivity contribution in [2.75, 3.05) is 17.7 Å². The lowest BCUT2D eigenvalue weighted by Gasteiger charge is -2.09. The van der Waals surface area contributed by atoms with Crippen molar-refractivity contribution in [2.45, 2.75) is 6.92 Å². The van der Waals surface area contributed by atoms with E-state index >= 15 is 0 Å². The molecule has 5 heteroatoms. The number of aryl methyl sites for hydroxylation is 1. The Morgan fingerprint density at radius 3 is 2.57 bits per heavy atom. The Kier molecular flexibility index (Phi) is 4.46. The van der Waals surface area contributed by atoms with Crippen LogP contribution in [0.1, 0.15) is 21.5 Å². The number of carbonyl (C=O) groups excluding carboxylic acids is 1. The Labute approximate surface area is 128 Å². The molecule has 0 spiro atoms. The maximum absolute atomic E-state index is 12.2. The van der Waals surface area contributed by atoms with E-state index < -0.39 is 0 Å². The number of hydrogen-bond donors (Lipinski definition) is 2. The molecule has 0 unspecified atom stereocenters. The zero-order valence-corrected chi connectivity index (χ0v) is 12.5. The average molecular weight is 300 g/mol. The van der Waals surface area contributed by atoms with Gasteiger partial charge in [-0.1, -0.05) is 11.6 Å². The van der Waals surface area contributed by atoms with E-state index in [0.717, 1.165) is 11.3 Å². The van der Waals surface area contributed by atoms with Crippen molar-refractivity contribution >= 4 is 28.9 Å². The molecule has 0 aliphatic heterocycles. The summed E-state index contributed by atoms with van der Waals surface area (Å²) >= 11 is 5.94. The highest BCUT2D eigenvalue weighted by Gasteiger charge is 2.09. The first-order chi connectivity index (χ1) is 10.0. The van der Waals surface area contributed by atoms with Crippen LogP contribution in [0, 0.1) is 18.3 Å². The number of carbonyl (C=O) groups is 1. The molecule has 2 aromatic rings. The van der Waals surface area contributed by atoms with Gasteiger partial charge in [0.15, 0.2) is 0 Å². The molecule has 106 valence electrons. The van der Waals surface area contributed by atoms with E-state index in [4.69, 9.17) is 16.9 Å². The molecule has 2 aromatic carbocycles. The Morgan fingerprint density at radius 2 is 2.00 bits per heavy atom. The lowest BCUT2D eigenvalue weighted by Crippen LogP contribution is -2.12. The van der Waals surface area contributed by atoms with Crippen LogP contribution in [0.4, 0.5) is 11.4 Å². The van der Waals surface area contributed by atoms with Crippen LogP contribution >= 0.6 is 11.6 Å². The topological polar surface area (TPSA) is 64.9 Å². The van der Waals surface area contributed by atoms with Gasteiger partial charge in [0.2, 0.25) is 0 Å². The van der Waals surface area contributed by atoms with Gasteiger partial charge in [-0.2, -0.15) is 5.26 Å². The second kappa shape index (κ2) is 6.29. The molecule has 0 aromatic heterocycles. The van der Waals surface area contributed by atoms with Crippen LogP contribution in [0.2, 0.25) is 5.02 Å². The van der Waals surface area contributed by atoms with E-state index in [9.17, 15) is 4.79 Å². The number of nitrogens with one attached hydrogen (secondary N) is 2. The summed E-state index contributed by atoms with van der Waals surface area (Å²) in [6.07, 6.45) is 0. The van der Waals surface area contributed by atoms with E-state index in [1.165, 1.54) is 0 Å². The lowest BCUT2D eigenvalue weighted by atomic mass is 10.1. The summed E-state index contributed by atoms with van der Waals surface area (Å²) in [5.74, 6) is -0.221. The zero-order valence-electron chi connectivity index (χ0n) is 11.7. The van der Waals surface area contributed by atoms with Gasteiger partial charge in [-0.3, -0.25) is 4.79 Å². The van der Waals surface area contributed by atoms with Crippen LogP contribution in [0.25, 0.3) is 0 Å². The van der Waals surface area contributed by atoms with Crippen molar-refractivity contribution in [2.24, 2.45) is 0 Å². The fraction of sp³-hybridized carbons (Fsp3) is 0.125. The standard InChI is InChI=1S/C16H14ClN3O/c1-10-7-11(4-6-15(10)19-2)16(21)20-13-5-3-12(9-18)14(17)8-13/h3-8,19H,1-2H3,(H,20,21). The van der Waals surface area contributed by atoms with Crippen molar-refractivity contribution < 1.29 is 4.79 Å². The van der Waals surface area contributed by atoms with Gasteiger partial charge >= 0.3 is 0 Å². The highest BCUT2D eigenvalue weighted by Crippen LogP contribution is 2.21. The molecular weight excluding hydrogens is 286 g/mol. The molecule has 0 radical (unpaired) electrons. The number of anilines is 2. The molecule has 0 aliphatic rings. The molecule has 21 heavy (non-hydrogen) atoms. The van der Waals surface area contributed by atoms with Gasteiger partial charge in [0, 0.05) is 24.0 Å². The van der Waals surface area contributed by atoms with Crippen molar-refractivity contribution in [1.29, 1.82) is 5.26 Å². The first-order valence-electron chi connectivity index (χ1n) is 6.34. The maximum atomic E-state index is 12.2. The highest BCUT2D eigenvalue weighted by molar-refractivity contribution is 6.32. The van der Waals surface area contributed by atoms with Crippen LogP contribution in [0.3, 0.4) is 0 Å². The molecule has 0 atom stereocenters. The molecule has 0 saturated carbocycles. The Morgan fingerprint density at radius 1 is 1.24 bits per heavy atom. The summed E-state index contributed by atoms with van der Waals surface area (Å²) in [6.45, 7) is 1.93. The molecule has 0 aliphatic carbocycles. The van der Waals surface area contributed by atoms with Gasteiger partial charge < -0.3 is 10.6 Å². The summed E-state index contributed by atoms with van der Waals surface area (Å²) in [7, 11) is 1.83. The van der Waals surface area contributed by atoms with Crippen molar-refractivity contribution in [3.63, 3.8) is 0 Å². The Hall–Kier alpha value is -2.51. The summed E-state index contributed by atoms with van der Waals surface area (Å²) in [5, 5.41) is 15.0. The Balaban J connectivity index is 2.20. The van der Waals surface area contributed by atoms with Gasteiger partial charge in [-0.15, -0.1) is 0 Å². The van der Waals surface area contributed by atoms with Crippen LogP contribution in [-0.4, -0.2) is 13.0 Å². The third kappa shape index (κ3) is 3.33. The number of hydrogen-bond acceptors (Lipinski definition) is 3. The number of rotatable bonds is 3. The molecule has 0 bridgehead atoms. The smallest absolute Gasteiger partial charge is 0.255 e. The first-order valence-corrected chi connectivity index (χ1v) is 6.72. The van der Waals surface area contributed by atoms with Crippen LogP contribution in [0.15, 0.2) is 36.4 Å². The van der Waals surface area contributed by atoms with E-state index in [1.54, 1.807) is 24.3 Å². The molecule has 2 N–H and O–H groups in total. The predicted octanol–water partition coefficient (Wildman–Crippen LogP) is 3.81. The Bertz CT molecular complexity index is 735. The highest BCUT2D eigenvalue weighted by atomic mass is 35.5. The SMILES string of the molecule is CNc1ccc(C(=O)Nc2ccc(C#N)c(Cl)c2)cc1C. The summed E-state index contributed by atoms with van der Waals surface area (Å²) < 4.78 is 0. The lowest BCUT2D eigenvalue weighted by molar-refractivity contribution is 0.102. The number of halogens is 1. The third-order valence-electron chi connectivity index (χ3n) is 3.11. The molecule has 0 saturated heterocycles. The van der Waals surface area contributed by atoms with E-state index in [-0.39, 0.29) is 5.91 Å². The van der Waals surface area contributed by atoms with Crippen LogP contribution < -0.4 is 10.6 Å². The number of amides is 1. The fourth-order valence-electron chi connectivity index (χ4n) is 1.97. The molecule has 0 heterocycles.